The van der Waals surface area contributed by atoms with Crippen molar-refractivity contribution in [3.05, 3.63) is 52.9 Å². The SMILES string of the molecule is COc1cc(C(=O)OC(C(=O)N/C(C(=O)NCC(C)=O)=C2\C(OC(C)=O)C(O)[C@@H]3CN23)C2(C)CO2)c2cccc(C)c2c1. The Kier molecular flexibility index (Phi) is 7.88. The highest BCUT2D eigenvalue weighted by atomic mass is 16.6. The Bertz CT molecular complexity index is 1560. The molecule has 3 N–H and O–H groups in total. The Hall–Kier alpha value is -4.49. The van der Waals surface area contributed by atoms with Crippen molar-refractivity contribution in [3.63, 3.8) is 0 Å². The van der Waals surface area contributed by atoms with Crippen molar-refractivity contribution >= 4 is 40.3 Å². The molecule has 2 aromatic carbocycles. The molecule has 0 spiro atoms. The minimum absolute atomic E-state index is 0.0725. The first-order valence-corrected chi connectivity index (χ1v) is 13.7. The average Bonchev–Trinajstić information content (AvgIpc) is 3.88. The predicted molar refractivity (Wildman–Crippen MR) is 150 cm³/mol. The summed E-state index contributed by atoms with van der Waals surface area (Å²) in [7, 11) is 1.47. The Morgan fingerprint density at radius 2 is 1.88 bits per heavy atom. The van der Waals surface area contributed by atoms with Gasteiger partial charge < -0.3 is 39.6 Å². The van der Waals surface area contributed by atoms with E-state index in [0.717, 1.165) is 17.9 Å². The molecule has 0 aromatic heterocycles. The Morgan fingerprint density at radius 1 is 1.16 bits per heavy atom. The molecule has 3 saturated heterocycles. The summed E-state index contributed by atoms with van der Waals surface area (Å²) in [6.45, 7) is 6.03. The summed E-state index contributed by atoms with van der Waals surface area (Å²) in [5.41, 5.74) is -0.395. The Morgan fingerprint density at radius 3 is 2.51 bits per heavy atom. The molecule has 5 atom stereocenters. The third-order valence-electron chi connectivity index (χ3n) is 7.72. The molecule has 13 nitrogen and oxygen atoms in total. The van der Waals surface area contributed by atoms with Gasteiger partial charge in [-0.2, -0.15) is 0 Å². The monoisotopic (exact) mass is 595 g/mol. The number of ether oxygens (including phenoxy) is 4. The van der Waals surface area contributed by atoms with E-state index in [2.05, 4.69) is 10.6 Å². The quantitative estimate of drug-likeness (QED) is 0.198. The molecular weight excluding hydrogens is 562 g/mol. The second-order valence-corrected chi connectivity index (χ2v) is 11.1. The number of epoxide rings is 1. The van der Waals surface area contributed by atoms with Gasteiger partial charge in [0.1, 0.15) is 28.9 Å². The van der Waals surface area contributed by atoms with Gasteiger partial charge in [0.05, 0.1) is 37.6 Å². The number of nitrogens with zero attached hydrogens (tertiary/aromatic N) is 1. The molecule has 3 fully saturated rings. The number of benzene rings is 2. The maximum Gasteiger partial charge on any atom is 0.339 e. The summed E-state index contributed by atoms with van der Waals surface area (Å²) in [6.07, 6.45) is -3.89. The highest BCUT2D eigenvalue weighted by molar-refractivity contribution is 6.07. The van der Waals surface area contributed by atoms with Crippen LogP contribution >= 0.6 is 0 Å². The summed E-state index contributed by atoms with van der Waals surface area (Å²) in [6, 6.07) is 8.33. The van der Waals surface area contributed by atoms with Crippen molar-refractivity contribution in [2.45, 2.75) is 57.6 Å². The summed E-state index contributed by atoms with van der Waals surface area (Å²) in [5, 5.41) is 17.0. The molecule has 0 radical (unpaired) electrons. The lowest BCUT2D eigenvalue weighted by molar-refractivity contribution is -0.148. The molecule has 5 rings (SSSR count). The van der Waals surface area contributed by atoms with Crippen molar-refractivity contribution < 1.29 is 48.0 Å². The summed E-state index contributed by atoms with van der Waals surface area (Å²) in [4.78, 5) is 65.8. The minimum Gasteiger partial charge on any atom is -0.497 e. The smallest absolute Gasteiger partial charge is 0.339 e. The molecule has 3 aliphatic rings. The molecule has 3 aliphatic heterocycles. The number of carbonyl (C=O) groups excluding carboxylic acids is 5. The topological polar surface area (TPSA) is 173 Å². The number of hydrogen-bond donors (Lipinski definition) is 3. The lowest BCUT2D eigenvalue weighted by atomic mass is 9.99. The number of aliphatic hydroxyl groups excluding tert-OH is 1. The van der Waals surface area contributed by atoms with E-state index in [4.69, 9.17) is 18.9 Å². The number of Topliss-reactive ketones (excluding diaryl/α,β-unsaturated/α-hetero) is 1. The predicted octanol–water partition coefficient (Wildman–Crippen LogP) is 0.495. The number of piperidine rings is 1. The fraction of sp³-hybridized carbons (Fsp3) is 0.433. The van der Waals surface area contributed by atoms with E-state index in [0.29, 0.717) is 17.7 Å². The number of carbonyl (C=O) groups is 5. The summed E-state index contributed by atoms with van der Waals surface area (Å²) >= 11 is 0. The maximum atomic E-state index is 13.8. The number of fused-ring (bicyclic) bond motifs is 2. The van der Waals surface area contributed by atoms with Crippen LogP contribution in [0.25, 0.3) is 10.8 Å². The zero-order valence-electron chi connectivity index (χ0n) is 24.4. The number of hydrogen-bond acceptors (Lipinski definition) is 11. The number of aliphatic hydroxyl groups is 1. The van der Waals surface area contributed by atoms with Crippen LogP contribution < -0.4 is 15.4 Å². The van der Waals surface area contributed by atoms with E-state index < -0.39 is 53.7 Å². The number of esters is 2. The second kappa shape index (κ2) is 11.3. The fourth-order valence-electron chi connectivity index (χ4n) is 5.25. The molecule has 0 aliphatic carbocycles. The molecule has 2 aromatic rings. The van der Waals surface area contributed by atoms with E-state index in [1.807, 2.05) is 13.0 Å². The molecule has 13 heteroatoms. The van der Waals surface area contributed by atoms with Crippen molar-refractivity contribution in [2.24, 2.45) is 0 Å². The molecule has 228 valence electrons. The van der Waals surface area contributed by atoms with Gasteiger partial charge in [-0.25, -0.2) is 4.79 Å². The first kappa shape index (κ1) is 30.0. The van der Waals surface area contributed by atoms with Gasteiger partial charge in [0.15, 0.2) is 6.10 Å². The highest BCUT2D eigenvalue weighted by Gasteiger charge is 2.59. The average molecular weight is 596 g/mol. The van der Waals surface area contributed by atoms with Crippen LogP contribution in [-0.4, -0.2) is 96.3 Å². The fourth-order valence-corrected chi connectivity index (χ4v) is 5.25. The van der Waals surface area contributed by atoms with Crippen LogP contribution in [0.5, 0.6) is 5.75 Å². The van der Waals surface area contributed by atoms with E-state index in [9.17, 15) is 29.1 Å². The number of aryl methyl sites for hydroxylation is 1. The normalized spacial score (nSPS) is 25.3. The van der Waals surface area contributed by atoms with Gasteiger partial charge in [0, 0.05) is 13.5 Å². The van der Waals surface area contributed by atoms with Crippen LogP contribution in [0.1, 0.15) is 36.7 Å². The lowest BCUT2D eigenvalue weighted by Gasteiger charge is -2.25. The third kappa shape index (κ3) is 5.90. The molecule has 3 heterocycles. The number of ketones is 1. The van der Waals surface area contributed by atoms with Gasteiger partial charge in [-0.05, 0) is 49.2 Å². The van der Waals surface area contributed by atoms with Gasteiger partial charge in [-0.15, -0.1) is 0 Å². The maximum absolute atomic E-state index is 13.8. The van der Waals surface area contributed by atoms with E-state index in [-0.39, 0.29) is 35.9 Å². The van der Waals surface area contributed by atoms with Gasteiger partial charge in [-0.1, -0.05) is 18.2 Å². The first-order valence-electron chi connectivity index (χ1n) is 13.7. The highest BCUT2D eigenvalue weighted by Crippen LogP contribution is 2.42. The van der Waals surface area contributed by atoms with Gasteiger partial charge in [0.25, 0.3) is 11.8 Å². The van der Waals surface area contributed by atoms with Crippen molar-refractivity contribution in [1.29, 1.82) is 0 Å². The number of amides is 2. The van der Waals surface area contributed by atoms with Gasteiger partial charge in [0.2, 0.25) is 6.10 Å². The van der Waals surface area contributed by atoms with Crippen LogP contribution in [0.2, 0.25) is 0 Å². The van der Waals surface area contributed by atoms with Crippen molar-refractivity contribution in [1.82, 2.24) is 15.5 Å². The van der Waals surface area contributed by atoms with Crippen LogP contribution in [0.15, 0.2) is 41.7 Å². The largest absolute Gasteiger partial charge is 0.497 e. The van der Waals surface area contributed by atoms with Crippen LogP contribution in [0.3, 0.4) is 0 Å². The first-order chi connectivity index (χ1) is 20.3. The van der Waals surface area contributed by atoms with Crippen LogP contribution in [0, 0.1) is 6.92 Å². The number of rotatable bonds is 10. The minimum atomic E-state index is -1.51. The molecule has 43 heavy (non-hydrogen) atoms. The molecule has 4 unspecified atom stereocenters. The second-order valence-electron chi connectivity index (χ2n) is 11.1. The van der Waals surface area contributed by atoms with Crippen LogP contribution in [0.4, 0.5) is 0 Å². The summed E-state index contributed by atoms with van der Waals surface area (Å²) in [5.74, 6) is -3.19. The number of nitrogens with one attached hydrogen (secondary N) is 2. The van der Waals surface area contributed by atoms with Crippen molar-refractivity contribution in [3.8, 4) is 5.75 Å². The van der Waals surface area contributed by atoms with Gasteiger partial charge in [-0.3, -0.25) is 19.2 Å². The van der Waals surface area contributed by atoms with E-state index in [1.165, 1.54) is 20.1 Å². The van der Waals surface area contributed by atoms with Crippen molar-refractivity contribution in [2.75, 3.05) is 26.8 Å². The van der Waals surface area contributed by atoms with E-state index >= 15 is 0 Å². The molecule has 0 bridgehead atoms. The third-order valence-corrected chi connectivity index (χ3v) is 7.72. The summed E-state index contributed by atoms with van der Waals surface area (Å²) < 4.78 is 22.0. The molecule has 2 amide bonds. The Balaban J connectivity index is 1.49. The van der Waals surface area contributed by atoms with Crippen LogP contribution in [-0.2, 0) is 33.4 Å². The lowest BCUT2D eigenvalue weighted by Crippen LogP contribution is -2.49. The molecular formula is C30H33N3O10. The molecule has 0 saturated carbocycles. The standard InChI is InChI=1S/C30H33N3O10/c1-14-7-6-8-18-19(14)9-17(40-5)10-20(18)29(39)43-26(30(4)13-41-30)28(38)32-22(27(37)31-11-15(2)34)23-25(42-16(3)35)24(36)21-12-33(21)23/h6-10,21,24-26,36H,11-13H2,1-5H3,(H,31,37)(H,32,38)/b23-22+/t21-,24?,25?,26?,30?,33?/m0/s1. The van der Waals surface area contributed by atoms with Gasteiger partial charge >= 0.3 is 11.9 Å². The Labute approximate surface area is 247 Å². The number of methoxy groups -OCH3 is 1. The zero-order valence-corrected chi connectivity index (χ0v) is 24.4. The van der Waals surface area contributed by atoms with E-state index in [1.54, 1.807) is 30.0 Å². The zero-order chi connectivity index (χ0) is 31.2.